The van der Waals surface area contributed by atoms with Crippen molar-refractivity contribution in [3.63, 3.8) is 0 Å². The second-order valence-electron chi connectivity index (χ2n) is 4.23. The van der Waals surface area contributed by atoms with Gasteiger partial charge in [0.1, 0.15) is 5.76 Å². The Hall–Kier alpha value is -1.46. The average molecular weight is 247 g/mol. The van der Waals surface area contributed by atoms with Gasteiger partial charge in [0.25, 0.3) is 0 Å². The molecule has 4 nitrogen and oxygen atoms in total. The topological polar surface area (TPSA) is 45.1 Å². The molecule has 0 bridgehead atoms. The molecule has 0 aromatic carbocycles. The highest BCUT2D eigenvalue weighted by atomic mass is 32.1. The number of nitrogens with one attached hydrogen (secondary N) is 1. The first kappa shape index (κ1) is 10.7. The van der Waals surface area contributed by atoms with Gasteiger partial charge in [-0.2, -0.15) is 0 Å². The maximum atomic E-state index is 5.36. The van der Waals surface area contributed by atoms with E-state index in [0.717, 1.165) is 31.8 Å². The van der Waals surface area contributed by atoms with Gasteiger partial charge >= 0.3 is 0 Å². The molecule has 2 aromatic rings. The van der Waals surface area contributed by atoms with Crippen molar-refractivity contribution in [2.24, 2.45) is 0 Å². The summed E-state index contributed by atoms with van der Waals surface area (Å²) in [5.74, 6) is 1.00. The maximum absolute atomic E-state index is 5.36. The van der Waals surface area contributed by atoms with Gasteiger partial charge in [0.2, 0.25) is 0 Å². The molecular formula is C12H13N3OS. The average Bonchev–Trinajstić information content (AvgIpc) is 2.81. The summed E-state index contributed by atoms with van der Waals surface area (Å²) in [4.78, 5) is 9.62. The molecule has 17 heavy (non-hydrogen) atoms. The van der Waals surface area contributed by atoms with Crippen molar-refractivity contribution in [2.45, 2.75) is 19.5 Å². The zero-order valence-corrected chi connectivity index (χ0v) is 10.2. The minimum absolute atomic E-state index is 0.559. The Balaban J connectivity index is 1.78. The number of furan rings is 1. The van der Waals surface area contributed by atoms with Crippen molar-refractivity contribution in [1.29, 1.82) is 0 Å². The monoisotopic (exact) mass is 247 g/mol. The summed E-state index contributed by atoms with van der Waals surface area (Å²) in [5, 5.41) is 0. The molecule has 88 valence electrons. The van der Waals surface area contributed by atoms with Gasteiger partial charge in [-0.15, -0.1) is 0 Å². The van der Waals surface area contributed by atoms with Crippen LogP contribution in [0.15, 0.2) is 29.0 Å². The second kappa shape index (κ2) is 4.43. The number of nitrogens with zero attached hydrogens (tertiary/aromatic N) is 2. The molecule has 5 heteroatoms. The molecule has 1 N–H and O–H groups in total. The summed E-state index contributed by atoms with van der Waals surface area (Å²) in [7, 11) is 0. The van der Waals surface area contributed by atoms with Crippen LogP contribution in [0.25, 0.3) is 0 Å². The van der Waals surface area contributed by atoms with E-state index in [1.165, 1.54) is 11.3 Å². The zero-order chi connectivity index (χ0) is 11.7. The zero-order valence-electron chi connectivity index (χ0n) is 9.35. The van der Waals surface area contributed by atoms with Gasteiger partial charge in [-0.05, 0) is 36.3 Å². The molecule has 0 unspecified atom stereocenters. The van der Waals surface area contributed by atoms with Crippen LogP contribution in [0.1, 0.15) is 17.0 Å². The molecule has 0 amide bonds. The Bertz CT molecular complexity index is 561. The number of aromatic nitrogens is 2. The lowest BCUT2D eigenvalue weighted by atomic mass is 10.1. The fourth-order valence-electron chi connectivity index (χ4n) is 2.15. The number of fused-ring (bicyclic) bond motifs is 1. The molecule has 3 rings (SSSR count). The highest BCUT2D eigenvalue weighted by Gasteiger charge is 2.17. The molecule has 0 saturated carbocycles. The predicted octanol–water partition coefficient (Wildman–Crippen LogP) is 2.29. The van der Waals surface area contributed by atoms with Crippen LogP contribution >= 0.6 is 12.2 Å². The van der Waals surface area contributed by atoms with Crippen molar-refractivity contribution in [3.8, 4) is 0 Å². The molecule has 3 heterocycles. The molecule has 2 aromatic heterocycles. The first-order chi connectivity index (χ1) is 8.31. The summed E-state index contributed by atoms with van der Waals surface area (Å²) >= 11 is 5.05. The fourth-order valence-corrected chi connectivity index (χ4v) is 2.33. The highest BCUT2D eigenvalue weighted by Crippen LogP contribution is 2.17. The summed E-state index contributed by atoms with van der Waals surface area (Å²) < 4.78 is 5.92. The Labute approximate surface area is 104 Å². The van der Waals surface area contributed by atoms with E-state index >= 15 is 0 Å². The number of hydrogen-bond acceptors (Lipinski definition) is 4. The summed E-state index contributed by atoms with van der Waals surface area (Å²) in [6.07, 6.45) is 4.61. The third-order valence-corrected chi connectivity index (χ3v) is 3.23. The van der Waals surface area contributed by atoms with Crippen molar-refractivity contribution >= 4 is 12.2 Å². The van der Waals surface area contributed by atoms with Crippen molar-refractivity contribution in [3.05, 3.63) is 46.4 Å². The third kappa shape index (κ3) is 2.30. The standard InChI is InChI=1S/C12H13N3OS/c17-12-13-6-9-3-4-15(8-11(9)14-12)7-10-2-1-5-16-10/h1-2,5-6H,3-4,7-8H2,(H,13,14,17). The van der Waals surface area contributed by atoms with Crippen LogP contribution in [-0.4, -0.2) is 21.4 Å². The first-order valence-electron chi connectivity index (χ1n) is 5.63. The number of hydrogen-bond donors (Lipinski definition) is 1. The molecular weight excluding hydrogens is 234 g/mol. The van der Waals surface area contributed by atoms with Crippen LogP contribution in [0.2, 0.25) is 0 Å². The minimum atomic E-state index is 0.559. The highest BCUT2D eigenvalue weighted by molar-refractivity contribution is 7.71. The smallest absolute Gasteiger partial charge is 0.196 e. The molecule has 0 spiro atoms. The van der Waals surface area contributed by atoms with Gasteiger partial charge < -0.3 is 9.40 Å². The van der Waals surface area contributed by atoms with Crippen LogP contribution in [0.4, 0.5) is 0 Å². The Morgan fingerprint density at radius 1 is 1.53 bits per heavy atom. The molecule has 0 atom stereocenters. The van der Waals surface area contributed by atoms with E-state index in [1.54, 1.807) is 6.26 Å². The minimum Gasteiger partial charge on any atom is -0.468 e. The van der Waals surface area contributed by atoms with Gasteiger partial charge in [0.15, 0.2) is 4.77 Å². The quantitative estimate of drug-likeness (QED) is 0.827. The van der Waals surface area contributed by atoms with E-state index in [1.807, 2.05) is 18.3 Å². The molecule has 1 aliphatic rings. The van der Waals surface area contributed by atoms with E-state index in [-0.39, 0.29) is 0 Å². The van der Waals surface area contributed by atoms with E-state index in [0.29, 0.717) is 4.77 Å². The summed E-state index contributed by atoms with van der Waals surface area (Å²) in [5.41, 5.74) is 2.46. The molecule has 0 fully saturated rings. The Kier molecular flexibility index (Phi) is 2.78. The molecule has 1 aliphatic heterocycles. The summed E-state index contributed by atoms with van der Waals surface area (Å²) in [6.45, 7) is 2.75. The van der Waals surface area contributed by atoms with E-state index in [9.17, 15) is 0 Å². The van der Waals surface area contributed by atoms with Crippen molar-refractivity contribution in [2.75, 3.05) is 6.54 Å². The lowest BCUT2D eigenvalue weighted by Crippen LogP contribution is -2.30. The normalized spacial score (nSPS) is 15.8. The fraction of sp³-hybridized carbons (Fsp3) is 0.333. The van der Waals surface area contributed by atoms with E-state index < -0.39 is 0 Å². The van der Waals surface area contributed by atoms with Gasteiger partial charge in [-0.3, -0.25) is 4.90 Å². The lowest BCUT2D eigenvalue weighted by Gasteiger charge is -2.27. The van der Waals surface area contributed by atoms with Crippen LogP contribution < -0.4 is 0 Å². The van der Waals surface area contributed by atoms with Gasteiger partial charge in [-0.25, -0.2) is 4.98 Å². The van der Waals surface area contributed by atoms with E-state index in [4.69, 9.17) is 16.6 Å². The SMILES string of the molecule is S=c1ncc2c([nH]1)CN(Cc1ccco1)CC2. The van der Waals surface area contributed by atoms with Gasteiger partial charge in [-0.1, -0.05) is 0 Å². The van der Waals surface area contributed by atoms with E-state index in [2.05, 4.69) is 14.9 Å². The maximum Gasteiger partial charge on any atom is 0.196 e. The Morgan fingerprint density at radius 3 is 3.29 bits per heavy atom. The third-order valence-electron chi connectivity index (χ3n) is 3.02. The van der Waals surface area contributed by atoms with Crippen molar-refractivity contribution < 1.29 is 4.42 Å². The van der Waals surface area contributed by atoms with Crippen LogP contribution in [0, 0.1) is 4.77 Å². The van der Waals surface area contributed by atoms with Crippen molar-refractivity contribution in [1.82, 2.24) is 14.9 Å². The lowest BCUT2D eigenvalue weighted by molar-refractivity contribution is 0.222. The first-order valence-corrected chi connectivity index (χ1v) is 6.04. The van der Waals surface area contributed by atoms with Gasteiger partial charge in [0.05, 0.1) is 12.8 Å². The molecule has 0 aliphatic carbocycles. The van der Waals surface area contributed by atoms with Crippen LogP contribution in [0.5, 0.6) is 0 Å². The summed E-state index contributed by atoms with van der Waals surface area (Å²) in [6, 6.07) is 3.93. The van der Waals surface area contributed by atoms with Crippen LogP contribution in [0.3, 0.4) is 0 Å². The molecule has 0 radical (unpaired) electrons. The predicted molar refractivity (Wildman–Crippen MR) is 65.9 cm³/mol. The second-order valence-corrected chi connectivity index (χ2v) is 4.62. The van der Waals surface area contributed by atoms with Crippen LogP contribution in [-0.2, 0) is 19.5 Å². The molecule has 0 saturated heterocycles. The number of rotatable bonds is 2. The largest absolute Gasteiger partial charge is 0.468 e. The van der Waals surface area contributed by atoms with Gasteiger partial charge in [0, 0.05) is 25.0 Å². The Morgan fingerprint density at radius 2 is 2.47 bits per heavy atom. The number of H-pyrrole nitrogens is 1. The number of aromatic amines is 1.